The van der Waals surface area contributed by atoms with Gasteiger partial charge in [0, 0.05) is 17.5 Å². The first-order valence-corrected chi connectivity index (χ1v) is 12.3. The number of hydrogen-bond acceptors (Lipinski definition) is 6. The van der Waals surface area contributed by atoms with E-state index in [9.17, 15) is 18.4 Å². The second-order valence-corrected chi connectivity index (χ2v) is 10.2. The average Bonchev–Trinajstić information content (AvgIpc) is 3.59. The molecule has 1 aliphatic heterocycles. The number of anilines is 1. The molecule has 1 N–H and O–H groups in total. The van der Waals surface area contributed by atoms with Crippen LogP contribution in [0, 0.1) is 17.6 Å². The molecule has 4 heterocycles. The number of fused-ring (bicyclic) bond motifs is 2. The van der Waals surface area contributed by atoms with Crippen molar-refractivity contribution < 1.29 is 18.4 Å². The Kier molecular flexibility index (Phi) is 5.36. The van der Waals surface area contributed by atoms with Crippen molar-refractivity contribution in [3.05, 3.63) is 65.0 Å². The van der Waals surface area contributed by atoms with Crippen LogP contribution >= 0.6 is 0 Å². The van der Waals surface area contributed by atoms with Gasteiger partial charge in [0.05, 0.1) is 23.5 Å². The first kappa shape index (κ1) is 23.3. The van der Waals surface area contributed by atoms with Crippen LogP contribution in [0.4, 0.5) is 14.6 Å². The molecular weight excluding hydrogens is 478 g/mol. The lowest BCUT2D eigenvalue weighted by Crippen LogP contribution is -2.28. The molecule has 1 aromatic carbocycles. The van der Waals surface area contributed by atoms with E-state index in [2.05, 4.69) is 25.4 Å². The Bertz CT molecular complexity index is 1590. The number of amides is 1. The molecule has 3 aromatic heterocycles. The molecule has 0 spiro atoms. The lowest BCUT2D eigenvalue weighted by molar-refractivity contribution is -0.119. The molecule has 1 aliphatic carbocycles. The van der Waals surface area contributed by atoms with Gasteiger partial charge in [-0.25, -0.2) is 28.4 Å². The molecule has 0 atom stereocenters. The Morgan fingerprint density at radius 2 is 1.97 bits per heavy atom. The van der Waals surface area contributed by atoms with Gasteiger partial charge in [-0.2, -0.15) is 5.10 Å². The van der Waals surface area contributed by atoms with Crippen LogP contribution < -0.4 is 5.32 Å². The van der Waals surface area contributed by atoms with Crippen LogP contribution in [-0.2, 0) is 16.8 Å². The normalized spacial score (nSPS) is 16.2. The minimum Gasteiger partial charge on any atom is -0.310 e. The van der Waals surface area contributed by atoms with Crippen molar-refractivity contribution in [1.29, 1.82) is 0 Å². The zero-order valence-corrected chi connectivity index (χ0v) is 20.4. The fourth-order valence-corrected chi connectivity index (χ4v) is 4.79. The summed E-state index contributed by atoms with van der Waals surface area (Å²) in [4.78, 5) is 39.4. The highest BCUT2D eigenvalue weighted by molar-refractivity contribution is 6.09. The summed E-state index contributed by atoms with van der Waals surface area (Å²) in [6, 6.07) is 7.55. The van der Waals surface area contributed by atoms with E-state index in [0.717, 1.165) is 25.5 Å². The molecule has 1 amide bonds. The Hall–Kier alpha value is -4.08. The molecule has 8 nitrogen and oxygen atoms in total. The highest BCUT2D eigenvalue weighted by Crippen LogP contribution is 2.41. The van der Waals surface area contributed by atoms with E-state index in [1.54, 1.807) is 32.0 Å². The van der Waals surface area contributed by atoms with Gasteiger partial charge in [-0.05, 0) is 38.3 Å². The maximum Gasteiger partial charge on any atom is 0.235 e. The maximum atomic E-state index is 14.4. The number of aromatic nitrogens is 5. The van der Waals surface area contributed by atoms with Gasteiger partial charge in [-0.1, -0.05) is 31.0 Å². The predicted octanol–water partition coefficient (Wildman–Crippen LogP) is 4.82. The van der Waals surface area contributed by atoms with Crippen molar-refractivity contribution in [2.75, 3.05) is 5.32 Å². The van der Waals surface area contributed by atoms with Crippen LogP contribution in [0.15, 0.2) is 36.5 Å². The van der Waals surface area contributed by atoms with Crippen LogP contribution in [0.1, 0.15) is 61.1 Å². The number of nitrogens with zero attached hydrogens (tertiary/aromatic N) is 5. The average molecular weight is 503 g/mol. The van der Waals surface area contributed by atoms with Gasteiger partial charge in [-0.3, -0.25) is 9.59 Å². The first-order chi connectivity index (χ1) is 17.7. The lowest BCUT2D eigenvalue weighted by atomic mass is 9.84. The largest absolute Gasteiger partial charge is 0.310 e. The molecule has 0 unspecified atom stereocenters. The summed E-state index contributed by atoms with van der Waals surface area (Å²) < 4.78 is 30.1. The van der Waals surface area contributed by atoms with Gasteiger partial charge in [0.25, 0.3) is 0 Å². The molecular formula is C27H24F2N6O2. The molecule has 2 aliphatic rings. The number of rotatable bonds is 7. The van der Waals surface area contributed by atoms with Crippen molar-refractivity contribution >= 4 is 28.5 Å². The zero-order chi connectivity index (χ0) is 25.9. The van der Waals surface area contributed by atoms with Crippen molar-refractivity contribution in [2.24, 2.45) is 5.92 Å². The van der Waals surface area contributed by atoms with Crippen LogP contribution in [-0.4, -0.2) is 36.4 Å². The Morgan fingerprint density at radius 3 is 2.73 bits per heavy atom. The second kappa shape index (κ2) is 8.50. The number of pyridine rings is 1. The molecule has 10 heteroatoms. The van der Waals surface area contributed by atoms with E-state index in [-0.39, 0.29) is 41.3 Å². The third-order valence-electron chi connectivity index (χ3n) is 7.12. The van der Waals surface area contributed by atoms with Gasteiger partial charge in [0.15, 0.2) is 17.3 Å². The fraction of sp³-hybridized carbons (Fsp3) is 0.333. The monoisotopic (exact) mass is 502 g/mol. The highest BCUT2D eigenvalue weighted by atomic mass is 19.1. The lowest BCUT2D eigenvalue weighted by Gasteiger charge is -2.17. The number of hydrogen-bond donors (Lipinski definition) is 1. The first-order valence-electron chi connectivity index (χ1n) is 12.3. The van der Waals surface area contributed by atoms with Crippen molar-refractivity contribution in [1.82, 2.24) is 24.7 Å². The van der Waals surface area contributed by atoms with Crippen molar-refractivity contribution in [3.63, 3.8) is 0 Å². The highest BCUT2D eigenvalue weighted by Gasteiger charge is 2.44. The quantitative estimate of drug-likeness (QED) is 0.364. The Balaban J connectivity index is 1.51. The maximum absolute atomic E-state index is 14.4. The van der Waals surface area contributed by atoms with E-state index in [4.69, 9.17) is 0 Å². The van der Waals surface area contributed by atoms with Crippen LogP contribution in [0.25, 0.3) is 22.6 Å². The Morgan fingerprint density at radius 1 is 1.19 bits per heavy atom. The third kappa shape index (κ3) is 4.06. The van der Waals surface area contributed by atoms with Gasteiger partial charge < -0.3 is 5.32 Å². The van der Waals surface area contributed by atoms with E-state index in [1.807, 2.05) is 0 Å². The van der Waals surface area contributed by atoms with Gasteiger partial charge >= 0.3 is 0 Å². The zero-order valence-electron chi connectivity index (χ0n) is 20.4. The van der Waals surface area contributed by atoms with Gasteiger partial charge in [0.2, 0.25) is 5.91 Å². The van der Waals surface area contributed by atoms with E-state index in [1.165, 1.54) is 16.8 Å². The fourth-order valence-electron chi connectivity index (χ4n) is 4.79. The summed E-state index contributed by atoms with van der Waals surface area (Å²) in [5, 5.41) is 7.66. The summed E-state index contributed by atoms with van der Waals surface area (Å²) in [6.45, 7) is 3.50. The minimum atomic E-state index is -0.988. The van der Waals surface area contributed by atoms with Crippen molar-refractivity contribution in [2.45, 2.75) is 51.5 Å². The number of ketones is 1. The number of benzene rings is 1. The summed E-state index contributed by atoms with van der Waals surface area (Å²) >= 11 is 0. The molecule has 0 bridgehead atoms. The molecule has 188 valence electrons. The van der Waals surface area contributed by atoms with Crippen LogP contribution in [0.2, 0.25) is 0 Å². The van der Waals surface area contributed by atoms with Gasteiger partial charge in [-0.15, -0.1) is 0 Å². The number of nitrogens with one attached hydrogen (secondary N) is 1. The molecule has 0 saturated heterocycles. The SMILES string of the molecule is CC1(C)C(=O)Nc2nc(-c3nn(Cc4ccccc4F)c4ncc(F)cc34)nc(C(=O)CCC3CC3)c21. The Labute approximate surface area is 211 Å². The second-order valence-electron chi connectivity index (χ2n) is 10.2. The molecule has 1 saturated carbocycles. The summed E-state index contributed by atoms with van der Waals surface area (Å²) in [5.74, 6) is -0.582. The number of halogens is 2. The van der Waals surface area contributed by atoms with E-state index < -0.39 is 17.0 Å². The standard InChI is InChI=1S/C27H24F2N6O2/c1-27(2)20-22(19(36)10-9-14-7-8-14)31-24(32-23(20)33-26(27)37)21-17-11-16(28)12-30-25(17)35(34-21)13-15-5-3-4-6-18(15)29/h3-6,11-12,14H,7-10,13H2,1-2H3,(H,31,32,33,37). The van der Waals surface area contributed by atoms with E-state index in [0.29, 0.717) is 34.5 Å². The van der Waals surface area contributed by atoms with Crippen LogP contribution in [0.5, 0.6) is 0 Å². The summed E-state index contributed by atoms with van der Waals surface area (Å²) in [7, 11) is 0. The topological polar surface area (TPSA) is 103 Å². The summed E-state index contributed by atoms with van der Waals surface area (Å²) in [6.07, 6.45) is 4.39. The molecule has 6 rings (SSSR count). The minimum absolute atomic E-state index is 0.0453. The van der Waals surface area contributed by atoms with E-state index >= 15 is 0 Å². The predicted molar refractivity (Wildman–Crippen MR) is 132 cm³/mol. The molecule has 4 aromatic rings. The molecule has 37 heavy (non-hydrogen) atoms. The molecule has 0 radical (unpaired) electrons. The number of carbonyl (C=O) groups is 2. The van der Waals surface area contributed by atoms with Gasteiger partial charge in [0.1, 0.15) is 28.8 Å². The van der Waals surface area contributed by atoms with Crippen LogP contribution in [0.3, 0.4) is 0 Å². The van der Waals surface area contributed by atoms with Crippen molar-refractivity contribution in [3.8, 4) is 11.5 Å². The molecule has 1 fully saturated rings. The number of carbonyl (C=O) groups excluding carboxylic acids is 2. The number of Topliss-reactive ketones (excluding diaryl/α,β-unsaturated/α-hetero) is 1. The smallest absolute Gasteiger partial charge is 0.235 e. The summed E-state index contributed by atoms with van der Waals surface area (Å²) in [5.41, 5.74) is 0.528. The third-order valence-corrected chi connectivity index (χ3v) is 7.12.